The zero-order chi connectivity index (χ0) is 17.8. The molecule has 0 aliphatic rings. The fraction of sp³-hybridized carbons (Fsp3) is 0.118. The summed E-state index contributed by atoms with van der Waals surface area (Å²) >= 11 is 8.67. The smallest absolute Gasteiger partial charge is 0.216 e. The lowest BCUT2D eigenvalue weighted by Crippen LogP contribution is -1.96. The first-order valence-electron chi connectivity index (χ1n) is 7.52. The summed E-state index contributed by atoms with van der Waals surface area (Å²) in [5.41, 5.74) is 1.65. The van der Waals surface area contributed by atoms with Crippen molar-refractivity contribution < 1.29 is 9.84 Å². The number of halogens is 1. The Kier molecular flexibility index (Phi) is 5.30. The first-order valence-corrected chi connectivity index (χ1v) is 8.72. The molecule has 8 heteroatoms. The van der Waals surface area contributed by atoms with Crippen molar-refractivity contribution in [3.8, 4) is 22.9 Å². The number of ether oxygens (including phenoxy) is 1. The monoisotopic (exact) mass is 418 g/mol. The largest absolute Gasteiger partial charge is 0.504 e. The molecule has 25 heavy (non-hydrogen) atoms. The number of H-pyrrole nitrogens is 1. The van der Waals surface area contributed by atoms with Crippen molar-refractivity contribution in [1.29, 1.82) is 0 Å². The van der Waals surface area contributed by atoms with Gasteiger partial charge in [0.15, 0.2) is 17.3 Å². The Morgan fingerprint density at radius 2 is 2.08 bits per heavy atom. The molecule has 1 heterocycles. The molecular weight excluding hydrogens is 404 g/mol. The van der Waals surface area contributed by atoms with Crippen LogP contribution >= 0.6 is 28.1 Å². The minimum atomic E-state index is 0.0921. The van der Waals surface area contributed by atoms with E-state index in [9.17, 15) is 5.11 Å². The maximum atomic E-state index is 9.77. The Balaban J connectivity index is 1.94. The molecule has 0 saturated carbocycles. The summed E-state index contributed by atoms with van der Waals surface area (Å²) in [5, 5.41) is 21.2. The molecule has 2 N–H and O–H groups in total. The third-order valence-corrected chi connectivity index (χ3v) is 4.15. The van der Waals surface area contributed by atoms with E-state index in [1.54, 1.807) is 29.1 Å². The van der Waals surface area contributed by atoms with E-state index in [-0.39, 0.29) is 5.75 Å². The van der Waals surface area contributed by atoms with Crippen LogP contribution in [0.2, 0.25) is 0 Å². The van der Waals surface area contributed by atoms with Crippen molar-refractivity contribution in [2.45, 2.75) is 6.92 Å². The van der Waals surface area contributed by atoms with Crippen molar-refractivity contribution in [2.24, 2.45) is 5.10 Å². The van der Waals surface area contributed by atoms with Gasteiger partial charge in [-0.15, -0.1) is 0 Å². The van der Waals surface area contributed by atoms with Crippen LogP contribution in [0.3, 0.4) is 0 Å². The molecule has 3 aromatic rings. The number of rotatable bonds is 5. The van der Waals surface area contributed by atoms with E-state index in [1.807, 2.05) is 31.2 Å². The van der Waals surface area contributed by atoms with Gasteiger partial charge in [0.25, 0.3) is 0 Å². The van der Waals surface area contributed by atoms with E-state index in [4.69, 9.17) is 17.0 Å². The van der Waals surface area contributed by atoms with Crippen LogP contribution in [-0.4, -0.2) is 32.8 Å². The van der Waals surface area contributed by atoms with E-state index in [0.717, 1.165) is 15.6 Å². The number of hydrogen-bond acceptors (Lipinski definition) is 5. The normalized spacial score (nSPS) is 11.1. The van der Waals surface area contributed by atoms with E-state index in [1.165, 1.54) is 0 Å². The van der Waals surface area contributed by atoms with Crippen LogP contribution in [0.5, 0.6) is 11.5 Å². The minimum Gasteiger partial charge on any atom is -0.504 e. The standard InChI is InChI=1S/C17H15BrN4O2S/c1-2-24-15-9-11(3-8-14(15)23)10-19-22-16(20-21-17(22)25)12-4-6-13(18)7-5-12/h3-10,23H,2H2,1H3,(H,21,25). The van der Waals surface area contributed by atoms with Crippen molar-refractivity contribution in [3.05, 3.63) is 57.3 Å². The highest BCUT2D eigenvalue weighted by atomic mass is 79.9. The number of nitrogens with one attached hydrogen (secondary N) is 1. The predicted molar refractivity (Wildman–Crippen MR) is 103 cm³/mol. The van der Waals surface area contributed by atoms with Gasteiger partial charge in [-0.3, -0.25) is 0 Å². The Bertz CT molecular complexity index is 964. The molecule has 0 bridgehead atoms. The SMILES string of the molecule is CCOc1cc(C=Nn2c(-c3ccc(Br)cc3)n[nH]c2=S)ccc1O. The van der Waals surface area contributed by atoms with Crippen molar-refractivity contribution >= 4 is 34.4 Å². The highest BCUT2D eigenvalue weighted by molar-refractivity contribution is 9.10. The van der Waals surface area contributed by atoms with Crippen LogP contribution in [0.25, 0.3) is 11.4 Å². The number of aromatic hydroxyl groups is 1. The second-order valence-corrected chi connectivity index (χ2v) is 6.38. The van der Waals surface area contributed by atoms with Crippen LogP contribution in [0, 0.1) is 4.77 Å². The predicted octanol–water partition coefficient (Wildman–Crippen LogP) is 4.36. The molecule has 3 rings (SSSR count). The first-order chi connectivity index (χ1) is 12.1. The van der Waals surface area contributed by atoms with Crippen LogP contribution in [0.4, 0.5) is 0 Å². The summed E-state index contributed by atoms with van der Waals surface area (Å²) in [7, 11) is 0. The molecule has 0 amide bonds. The van der Waals surface area contributed by atoms with Gasteiger partial charge in [0, 0.05) is 10.0 Å². The summed E-state index contributed by atoms with van der Waals surface area (Å²) < 4.78 is 8.29. The van der Waals surface area contributed by atoms with Gasteiger partial charge in [-0.1, -0.05) is 28.1 Å². The lowest BCUT2D eigenvalue weighted by atomic mass is 10.2. The summed E-state index contributed by atoms with van der Waals surface area (Å²) in [6.45, 7) is 2.32. The molecule has 2 aromatic carbocycles. The highest BCUT2D eigenvalue weighted by Crippen LogP contribution is 2.26. The van der Waals surface area contributed by atoms with Crippen molar-refractivity contribution in [2.75, 3.05) is 6.61 Å². The average molecular weight is 419 g/mol. The molecular formula is C17H15BrN4O2S. The van der Waals surface area contributed by atoms with Gasteiger partial charge in [0.05, 0.1) is 12.8 Å². The number of aromatic amines is 1. The number of phenols is 1. The third-order valence-electron chi connectivity index (χ3n) is 3.36. The Hall–Kier alpha value is -2.45. The molecule has 0 saturated heterocycles. The van der Waals surface area contributed by atoms with Gasteiger partial charge >= 0.3 is 0 Å². The summed E-state index contributed by atoms with van der Waals surface area (Å²) in [6, 6.07) is 12.7. The number of aromatic nitrogens is 3. The molecule has 0 radical (unpaired) electrons. The number of hydrogen-bond donors (Lipinski definition) is 2. The lowest BCUT2D eigenvalue weighted by Gasteiger charge is -2.06. The maximum Gasteiger partial charge on any atom is 0.216 e. The van der Waals surface area contributed by atoms with Gasteiger partial charge in [-0.2, -0.15) is 14.9 Å². The fourth-order valence-electron chi connectivity index (χ4n) is 2.19. The lowest BCUT2D eigenvalue weighted by molar-refractivity contribution is 0.318. The number of nitrogens with zero attached hydrogens (tertiary/aromatic N) is 3. The van der Waals surface area contributed by atoms with Crippen molar-refractivity contribution in [3.63, 3.8) is 0 Å². The second-order valence-electron chi connectivity index (χ2n) is 5.08. The Morgan fingerprint density at radius 1 is 1.32 bits per heavy atom. The highest BCUT2D eigenvalue weighted by Gasteiger charge is 2.08. The van der Waals surface area contributed by atoms with Crippen molar-refractivity contribution in [1.82, 2.24) is 14.9 Å². The van der Waals surface area contributed by atoms with E-state index in [2.05, 4.69) is 31.2 Å². The molecule has 0 fully saturated rings. The summed E-state index contributed by atoms with van der Waals surface area (Å²) in [6.07, 6.45) is 1.63. The fourth-order valence-corrected chi connectivity index (χ4v) is 2.63. The first kappa shape index (κ1) is 17.4. The zero-order valence-corrected chi connectivity index (χ0v) is 15.7. The Morgan fingerprint density at radius 3 is 2.80 bits per heavy atom. The van der Waals surface area contributed by atoms with E-state index >= 15 is 0 Å². The molecule has 6 nitrogen and oxygen atoms in total. The minimum absolute atomic E-state index is 0.0921. The van der Waals surface area contributed by atoms with E-state index in [0.29, 0.717) is 23.0 Å². The zero-order valence-electron chi connectivity index (χ0n) is 13.3. The summed E-state index contributed by atoms with van der Waals surface area (Å²) in [5.74, 6) is 1.11. The number of benzene rings is 2. The van der Waals surface area contributed by atoms with Crippen LogP contribution in [0.15, 0.2) is 52.0 Å². The second kappa shape index (κ2) is 7.62. The van der Waals surface area contributed by atoms with Gasteiger partial charge in [0.2, 0.25) is 4.77 Å². The van der Waals surface area contributed by atoms with E-state index < -0.39 is 0 Å². The molecule has 128 valence electrons. The van der Waals surface area contributed by atoms with Gasteiger partial charge in [0.1, 0.15) is 0 Å². The average Bonchev–Trinajstić information content (AvgIpc) is 2.97. The van der Waals surface area contributed by atoms with Gasteiger partial charge in [-0.25, -0.2) is 5.10 Å². The molecule has 0 aliphatic carbocycles. The maximum absolute atomic E-state index is 9.77. The van der Waals surface area contributed by atoms with Gasteiger partial charge in [-0.05, 0) is 55.0 Å². The van der Waals surface area contributed by atoms with Gasteiger partial charge < -0.3 is 9.84 Å². The van der Waals surface area contributed by atoms with Crippen LogP contribution in [0.1, 0.15) is 12.5 Å². The molecule has 0 atom stereocenters. The molecule has 0 spiro atoms. The quantitative estimate of drug-likeness (QED) is 0.476. The van der Waals surface area contributed by atoms with Crippen LogP contribution in [-0.2, 0) is 0 Å². The third kappa shape index (κ3) is 3.97. The summed E-state index contributed by atoms with van der Waals surface area (Å²) in [4.78, 5) is 0. The molecule has 0 unspecified atom stereocenters. The topological polar surface area (TPSA) is 75.4 Å². The number of phenolic OH excluding ortho intramolecular Hbond substituents is 1. The molecule has 0 aliphatic heterocycles. The molecule has 1 aromatic heterocycles. The Labute approximate surface area is 157 Å². The van der Waals surface area contributed by atoms with Crippen LogP contribution < -0.4 is 4.74 Å².